The van der Waals surface area contributed by atoms with Crippen LogP contribution in [0.2, 0.25) is 0 Å². The number of aliphatic hydroxyl groups is 2. The Bertz CT molecular complexity index is 649. The summed E-state index contributed by atoms with van der Waals surface area (Å²) in [6.07, 6.45) is 4.45. The van der Waals surface area contributed by atoms with Gasteiger partial charge in [-0.1, -0.05) is 18.6 Å². The molecular weight excluding hydrogens is 386 g/mol. The van der Waals surface area contributed by atoms with E-state index >= 15 is 0 Å². The maximum atomic E-state index is 11.8. The second-order valence-corrected chi connectivity index (χ2v) is 7.67. The zero-order chi connectivity index (χ0) is 21.6. The van der Waals surface area contributed by atoms with Crippen molar-refractivity contribution in [2.45, 2.75) is 51.1 Å². The third-order valence-corrected chi connectivity index (χ3v) is 5.05. The van der Waals surface area contributed by atoms with Crippen LogP contribution in [-0.2, 0) is 16.1 Å². The van der Waals surface area contributed by atoms with Gasteiger partial charge < -0.3 is 25.6 Å². The van der Waals surface area contributed by atoms with Crippen LogP contribution in [0.4, 0.5) is 0 Å². The number of carbonyl (C=O) groups is 2. The van der Waals surface area contributed by atoms with E-state index in [1.165, 1.54) is 24.8 Å². The first-order valence-corrected chi connectivity index (χ1v) is 10.8. The van der Waals surface area contributed by atoms with Gasteiger partial charge in [-0.05, 0) is 56.5 Å². The standard InChI is InChI=1S/C22H35N3O5/c26-12-8-19(17-27)24-22(29)15-21(28)23-9-5-13-30-20-7-4-6-18(14-20)16-25-10-2-1-3-11-25/h4,6-7,14,19,26-27H,1-3,5,8-13,15-17H2,(H,23,28)(H,24,29). The van der Waals surface area contributed by atoms with Crippen LogP contribution in [0.15, 0.2) is 24.3 Å². The van der Waals surface area contributed by atoms with E-state index < -0.39 is 11.9 Å². The molecule has 30 heavy (non-hydrogen) atoms. The number of hydrogen-bond donors (Lipinski definition) is 4. The number of aliphatic hydroxyl groups excluding tert-OH is 2. The zero-order valence-corrected chi connectivity index (χ0v) is 17.6. The first kappa shape index (κ1) is 24.1. The minimum atomic E-state index is -0.533. The SMILES string of the molecule is O=C(CC(=O)NC(CO)CCO)NCCCOc1cccc(CN2CCCCC2)c1. The molecule has 168 valence electrons. The Morgan fingerprint density at radius 1 is 1.13 bits per heavy atom. The third kappa shape index (κ3) is 9.56. The summed E-state index contributed by atoms with van der Waals surface area (Å²) >= 11 is 0. The van der Waals surface area contributed by atoms with Gasteiger partial charge in [-0.3, -0.25) is 14.5 Å². The summed E-state index contributed by atoms with van der Waals surface area (Å²) in [5, 5.41) is 23.1. The molecule has 1 unspecified atom stereocenters. The van der Waals surface area contributed by atoms with Gasteiger partial charge in [0, 0.05) is 19.7 Å². The first-order chi connectivity index (χ1) is 14.6. The van der Waals surface area contributed by atoms with E-state index in [0.717, 1.165) is 25.4 Å². The third-order valence-electron chi connectivity index (χ3n) is 5.05. The van der Waals surface area contributed by atoms with Crippen molar-refractivity contribution < 1.29 is 24.5 Å². The van der Waals surface area contributed by atoms with E-state index in [4.69, 9.17) is 14.9 Å². The number of rotatable bonds is 13. The highest BCUT2D eigenvalue weighted by Crippen LogP contribution is 2.17. The molecule has 0 bridgehead atoms. The summed E-state index contributed by atoms with van der Waals surface area (Å²) in [5.41, 5.74) is 1.25. The summed E-state index contributed by atoms with van der Waals surface area (Å²) in [5.74, 6) is -0.0207. The lowest BCUT2D eigenvalue weighted by Gasteiger charge is -2.26. The second-order valence-electron chi connectivity index (χ2n) is 7.67. The highest BCUT2D eigenvalue weighted by Gasteiger charge is 2.14. The van der Waals surface area contributed by atoms with Crippen molar-refractivity contribution >= 4 is 11.8 Å². The fourth-order valence-corrected chi connectivity index (χ4v) is 3.45. The Morgan fingerprint density at radius 3 is 2.67 bits per heavy atom. The van der Waals surface area contributed by atoms with E-state index in [0.29, 0.717) is 19.6 Å². The number of ether oxygens (including phenoxy) is 1. The molecule has 0 radical (unpaired) electrons. The first-order valence-electron chi connectivity index (χ1n) is 10.8. The van der Waals surface area contributed by atoms with Crippen molar-refractivity contribution in [1.29, 1.82) is 0 Å². The summed E-state index contributed by atoms with van der Waals surface area (Å²) in [6, 6.07) is 7.60. The van der Waals surface area contributed by atoms with Crippen LogP contribution < -0.4 is 15.4 Å². The lowest BCUT2D eigenvalue weighted by Crippen LogP contribution is -2.40. The van der Waals surface area contributed by atoms with Gasteiger partial charge in [0.25, 0.3) is 0 Å². The van der Waals surface area contributed by atoms with Crippen LogP contribution in [0.25, 0.3) is 0 Å². The normalized spacial score (nSPS) is 15.4. The Balaban J connectivity index is 1.60. The summed E-state index contributed by atoms with van der Waals surface area (Å²) in [7, 11) is 0. The number of piperidine rings is 1. The molecule has 1 aromatic carbocycles. The average Bonchev–Trinajstić information content (AvgIpc) is 2.74. The van der Waals surface area contributed by atoms with Gasteiger partial charge in [-0.15, -0.1) is 0 Å². The molecule has 2 amide bonds. The lowest BCUT2D eigenvalue weighted by molar-refractivity contribution is -0.129. The minimum absolute atomic E-state index is 0.140. The van der Waals surface area contributed by atoms with Crippen LogP contribution in [-0.4, -0.2) is 72.4 Å². The molecule has 1 saturated heterocycles. The molecule has 1 aliphatic heterocycles. The number of likely N-dealkylation sites (tertiary alicyclic amines) is 1. The predicted octanol–water partition coefficient (Wildman–Crippen LogP) is 0.807. The second kappa shape index (κ2) is 14.0. The minimum Gasteiger partial charge on any atom is -0.494 e. The highest BCUT2D eigenvalue weighted by atomic mass is 16.5. The summed E-state index contributed by atoms with van der Waals surface area (Å²) in [6.45, 7) is 3.74. The molecule has 8 nitrogen and oxygen atoms in total. The van der Waals surface area contributed by atoms with Crippen molar-refractivity contribution in [1.82, 2.24) is 15.5 Å². The largest absolute Gasteiger partial charge is 0.494 e. The van der Waals surface area contributed by atoms with E-state index in [1.54, 1.807) is 0 Å². The average molecular weight is 422 g/mol. The van der Waals surface area contributed by atoms with E-state index in [2.05, 4.69) is 27.7 Å². The molecule has 8 heteroatoms. The molecule has 1 atom stereocenters. The van der Waals surface area contributed by atoms with Crippen molar-refractivity contribution in [3.8, 4) is 5.75 Å². The van der Waals surface area contributed by atoms with E-state index in [1.807, 2.05) is 12.1 Å². The predicted molar refractivity (Wildman–Crippen MR) is 114 cm³/mol. The molecule has 0 aliphatic carbocycles. The molecule has 1 aromatic rings. The maximum Gasteiger partial charge on any atom is 0.229 e. The topological polar surface area (TPSA) is 111 Å². The maximum absolute atomic E-state index is 11.8. The van der Waals surface area contributed by atoms with Crippen molar-refractivity contribution in [3.63, 3.8) is 0 Å². The van der Waals surface area contributed by atoms with Gasteiger partial charge in [-0.25, -0.2) is 0 Å². The highest BCUT2D eigenvalue weighted by molar-refractivity contribution is 5.96. The van der Waals surface area contributed by atoms with Gasteiger partial charge in [0.1, 0.15) is 12.2 Å². The van der Waals surface area contributed by atoms with E-state index in [-0.39, 0.29) is 32.0 Å². The molecule has 4 N–H and O–H groups in total. The number of carbonyl (C=O) groups excluding carboxylic acids is 2. The van der Waals surface area contributed by atoms with Crippen LogP contribution in [0.5, 0.6) is 5.75 Å². The smallest absolute Gasteiger partial charge is 0.229 e. The van der Waals surface area contributed by atoms with Crippen molar-refractivity contribution in [2.75, 3.05) is 39.5 Å². The molecule has 2 rings (SSSR count). The fraction of sp³-hybridized carbons (Fsp3) is 0.636. The number of hydrogen-bond acceptors (Lipinski definition) is 6. The van der Waals surface area contributed by atoms with Gasteiger partial charge in [-0.2, -0.15) is 0 Å². The van der Waals surface area contributed by atoms with Gasteiger partial charge in [0.15, 0.2) is 0 Å². The molecule has 1 fully saturated rings. The Morgan fingerprint density at radius 2 is 1.93 bits per heavy atom. The molecule has 0 saturated carbocycles. The van der Waals surface area contributed by atoms with Crippen LogP contribution in [0, 0.1) is 0 Å². The van der Waals surface area contributed by atoms with Crippen LogP contribution >= 0.6 is 0 Å². The number of amides is 2. The monoisotopic (exact) mass is 421 g/mol. The lowest BCUT2D eigenvalue weighted by atomic mass is 10.1. The van der Waals surface area contributed by atoms with Gasteiger partial charge in [0.2, 0.25) is 11.8 Å². The molecule has 0 aromatic heterocycles. The number of benzene rings is 1. The fourth-order valence-electron chi connectivity index (χ4n) is 3.45. The van der Waals surface area contributed by atoms with E-state index in [9.17, 15) is 9.59 Å². The van der Waals surface area contributed by atoms with Gasteiger partial charge in [0.05, 0.1) is 19.3 Å². The number of nitrogens with one attached hydrogen (secondary N) is 2. The Kier molecular flexibility index (Phi) is 11.2. The van der Waals surface area contributed by atoms with Crippen LogP contribution in [0.1, 0.15) is 44.1 Å². The molecule has 0 spiro atoms. The van der Waals surface area contributed by atoms with Crippen molar-refractivity contribution in [3.05, 3.63) is 29.8 Å². The van der Waals surface area contributed by atoms with Crippen molar-refractivity contribution in [2.24, 2.45) is 0 Å². The zero-order valence-electron chi connectivity index (χ0n) is 17.6. The van der Waals surface area contributed by atoms with Gasteiger partial charge >= 0.3 is 0 Å². The molecule has 1 aliphatic rings. The number of nitrogens with zero attached hydrogens (tertiary/aromatic N) is 1. The summed E-state index contributed by atoms with van der Waals surface area (Å²) < 4.78 is 5.79. The Labute approximate surface area is 178 Å². The molecule has 1 heterocycles. The quantitative estimate of drug-likeness (QED) is 0.277. The summed E-state index contributed by atoms with van der Waals surface area (Å²) in [4.78, 5) is 26.0. The molecular formula is C22H35N3O5. The van der Waals surface area contributed by atoms with Crippen LogP contribution in [0.3, 0.4) is 0 Å². The Hall–Kier alpha value is -2.16.